The van der Waals surface area contributed by atoms with Crippen LogP contribution in [0.4, 0.5) is 11.4 Å². The van der Waals surface area contributed by atoms with Crippen molar-refractivity contribution in [2.75, 3.05) is 11.5 Å². The van der Waals surface area contributed by atoms with E-state index in [0.717, 1.165) is 0 Å². The second-order valence-corrected chi connectivity index (χ2v) is 5.32. The number of halogens is 1. The average Bonchev–Trinajstić information content (AvgIpc) is 2.40. The van der Waals surface area contributed by atoms with Crippen LogP contribution in [-0.4, -0.2) is 16.7 Å². The van der Waals surface area contributed by atoms with Gasteiger partial charge in [0.1, 0.15) is 5.75 Å². The first-order valence-electron chi connectivity index (χ1n) is 5.72. The van der Waals surface area contributed by atoms with Gasteiger partial charge in [0.15, 0.2) is 11.6 Å². The fourth-order valence-corrected chi connectivity index (χ4v) is 2.81. The SMILES string of the molecule is Nc1cccc2c1C(=O)c1c(O)cc(Br)c(N)c1C2=O. The Hall–Kier alpha value is -2.34. The number of phenolic OH excluding ortho intramolecular Hbond substituents is 1. The number of rotatable bonds is 0. The number of hydrogen-bond donors (Lipinski definition) is 3. The molecule has 1 aliphatic carbocycles. The molecule has 5 nitrogen and oxygen atoms in total. The Bertz CT molecular complexity index is 799. The van der Waals surface area contributed by atoms with Crippen molar-refractivity contribution < 1.29 is 14.7 Å². The minimum absolute atomic E-state index is 0.0139. The summed E-state index contributed by atoms with van der Waals surface area (Å²) in [5.41, 5.74) is 12.2. The molecule has 0 bridgehead atoms. The number of nitrogen functional groups attached to an aromatic ring is 2. The Balaban J connectivity index is 2.44. The van der Waals surface area contributed by atoms with E-state index < -0.39 is 11.6 Å². The number of aromatic hydroxyl groups is 1. The smallest absolute Gasteiger partial charge is 0.200 e. The largest absolute Gasteiger partial charge is 0.507 e. The summed E-state index contributed by atoms with van der Waals surface area (Å²) in [6.07, 6.45) is 0. The number of anilines is 2. The maximum absolute atomic E-state index is 12.5. The molecule has 1 aliphatic rings. The van der Waals surface area contributed by atoms with E-state index in [1.165, 1.54) is 18.2 Å². The predicted molar refractivity (Wildman–Crippen MR) is 77.9 cm³/mol. The summed E-state index contributed by atoms with van der Waals surface area (Å²) < 4.78 is 0.363. The number of benzene rings is 2. The molecule has 0 saturated carbocycles. The van der Waals surface area contributed by atoms with E-state index in [1.54, 1.807) is 6.07 Å². The van der Waals surface area contributed by atoms with Crippen LogP contribution >= 0.6 is 15.9 Å². The Kier molecular flexibility index (Phi) is 2.58. The van der Waals surface area contributed by atoms with E-state index in [2.05, 4.69) is 15.9 Å². The Morgan fingerprint density at radius 1 is 1.00 bits per heavy atom. The molecule has 100 valence electrons. The number of phenols is 1. The van der Waals surface area contributed by atoms with Gasteiger partial charge in [0, 0.05) is 15.7 Å². The number of carbonyl (C=O) groups is 2. The summed E-state index contributed by atoms with van der Waals surface area (Å²) in [5.74, 6) is -1.21. The van der Waals surface area contributed by atoms with Gasteiger partial charge in [-0.3, -0.25) is 9.59 Å². The van der Waals surface area contributed by atoms with Crippen molar-refractivity contribution in [3.05, 3.63) is 51.0 Å². The van der Waals surface area contributed by atoms with E-state index in [0.29, 0.717) is 4.47 Å². The first-order chi connectivity index (χ1) is 9.43. The molecule has 0 spiro atoms. The van der Waals surface area contributed by atoms with E-state index in [-0.39, 0.29) is 39.4 Å². The Morgan fingerprint density at radius 3 is 2.40 bits per heavy atom. The van der Waals surface area contributed by atoms with Crippen molar-refractivity contribution in [2.45, 2.75) is 0 Å². The first kappa shape index (κ1) is 12.7. The van der Waals surface area contributed by atoms with Gasteiger partial charge in [-0.25, -0.2) is 0 Å². The molecular formula is C14H9BrN2O3. The number of nitrogens with two attached hydrogens (primary N) is 2. The van der Waals surface area contributed by atoms with Crippen LogP contribution in [0.2, 0.25) is 0 Å². The van der Waals surface area contributed by atoms with Gasteiger partial charge in [-0.1, -0.05) is 12.1 Å². The predicted octanol–water partition coefficient (Wildman–Crippen LogP) is 2.09. The molecule has 0 amide bonds. The van der Waals surface area contributed by atoms with Crippen LogP contribution in [0.1, 0.15) is 31.8 Å². The van der Waals surface area contributed by atoms with Crippen molar-refractivity contribution in [3.63, 3.8) is 0 Å². The van der Waals surface area contributed by atoms with Crippen molar-refractivity contribution >= 4 is 38.9 Å². The van der Waals surface area contributed by atoms with Gasteiger partial charge in [0.2, 0.25) is 0 Å². The van der Waals surface area contributed by atoms with Gasteiger partial charge in [0.25, 0.3) is 0 Å². The molecule has 0 atom stereocenters. The summed E-state index contributed by atoms with van der Waals surface area (Å²) >= 11 is 3.15. The van der Waals surface area contributed by atoms with Crippen LogP contribution in [0, 0.1) is 0 Å². The standard InChI is InChI=1S/C14H9BrN2O3/c15-6-4-8(18)10-11(12(6)17)13(19)5-2-1-3-7(16)9(5)14(10)20/h1-4,18H,16-17H2. The molecule has 0 aromatic heterocycles. The van der Waals surface area contributed by atoms with Gasteiger partial charge >= 0.3 is 0 Å². The molecule has 20 heavy (non-hydrogen) atoms. The summed E-state index contributed by atoms with van der Waals surface area (Å²) in [7, 11) is 0. The van der Waals surface area contributed by atoms with Crippen LogP contribution in [-0.2, 0) is 0 Å². The highest BCUT2D eigenvalue weighted by Crippen LogP contribution is 2.40. The molecule has 0 unspecified atom stereocenters. The van der Waals surface area contributed by atoms with Gasteiger partial charge in [-0.15, -0.1) is 0 Å². The fraction of sp³-hybridized carbons (Fsp3) is 0. The zero-order valence-electron chi connectivity index (χ0n) is 10.1. The third-order valence-corrected chi connectivity index (χ3v) is 3.97. The lowest BCUT2D eigenvalue weighted by atomic mass is 9.82. The fourth-order valence-electron chi connectivity index (χ4n) is 2.39. The Labute approximate surface area is 122 Å². The molecule has 6 heteroatoms. The molecule has 2 aromatic rings. The van der Waals surface area contributed by atoms with E-state index in [4.69, 9.17) is 11.5 Å². The van der Waals surface area contributed by atoms with Crippen LogP contribution in [0.3, 0.4) is 0 Å². The van der Waals surface area contributed by atoms with Gasteiger partial charge < -0.3 is 16.6 Å². The number of ketones is 2. The lowest BCUT2D eigenvalue weighted by Crippen LogP contribution is -2.24. The molecule has 0 radical (unpaired) electrons. The Morgan fingerprint density at radius 2 is 1.70 bits per heavy atom. The zero-order valence-corrected chi connectivity index (χ0v) is 11.7. The monoisotopic (exact) mass is 332 g/mol. The quantitative estimate of drug-likeness (QED) is 0.431. The van der Waals surface area contributed by atoms with Crippen molar-refractivity contribution in [1.82, 2.24) is 0 Å². The summed E-state index contributed by atoms with van der Waals surface area (Å²) in [5, 5.41) is 9.97. The molecule has 0 aliphatic heterocycles. The topological polar surface area (TPSA) is 106 Å². The highest BCUT2D eigenvalue weighted by Gasteiger charge is 2.35. The molecule has 0 saturated heterocycles. The lowest BCUT2D eigenvalue weighted by Gasteiger charge is -2.21. The van der Waals surface area contributed by atoms with E-state index in [1.807, 2.05) is 0 Å². The molecule has 5 N–H and O–H groups in total. The zero-order chi connectivity index (χ0) is 14.6. The third kappa shape index (κ3) is 1.48. The number of carbonyl (C=O) groups excluding carboxylic acids is 2. The van der Waals surface area contributed by atoms with Crippen molar-refractivity contribution in [2.24, 2.45) is 0 Å². The van der Waals surface area contributed by atoms with Crippen LogP contribution in [0.25, 0.3) is 0 Å². The molecular weight excluding hydrogens is 324 g/mol. The van der Waals surface area contributed by atoms with Gasteiger partial charge in [-0.2, -0.15) is 0 Å². The number of fused-ring (bicyclic) bond motifs is 2. The van der Waals surface area contributed by atoms with E-state index in [9.17, 15) is 14.7 Å². The molecule has 0 fully saturated rings. The minimum Gasteiger partial charge on any atom is -0.507 e. The van der Waals surface area contributed by atoms with Crippen LogP contribution in [0.5, 0.6) is 5.75 Å². The highest BCUT2D eigenvalue weighted by molar-refractivity contribution is 9.10. The summed E-state index contributed by atoms with van der Waals surface area (Å²) in [4.78, 5) is 25.0. The minimum atomic E-state index is -0.496. The second kappa shape index (κ2) is 4.08. The normalized spacial score (nSPS) is 13.1. The van der Waals surface area contributed by atoms with Gasteiger partial charge in [-0.05, 0) is 28.1 Å². The molecule has 2 aromatic carbocycles. The lowest BCUT2D eigenvalue weighted by molar-refractivity contribution is 0.0978. The number of hydrogen-bond acceptors (Lipinski definition) is 5. The van der Waals surface area contributed by atoms with Gasteiger partial charge in [0.05, 0.1) is 22.4 Å². The molecule has 0 heterocycles. The maximum atomic E-state index is 12.5. The summed E-state index contributed by atoms with van der Waals surface area (Å²) in [6.45, 7) is 0. The molecule has 3 rings (SSSR count). The van der Waals surface area contributed by atoms with Crippen LogP contribution < -0.4 is 11.5 Å². The van der Waals surface area contributed by atoms with E-state index >= 15 is 0 Å². The highest BCUT2D eigenvalue weighted by atomic mass is 79.9. The van der Waals surface area contributed by atoms with Crippen LogP contribution in [0.15, 0.2) is 28.7 Å². The van der Waals surface area contributed by atoms with Crippen molar-refractivity contribution in [1.29, 1.82) is 0 Å². The maximum Gasteiger partial charge on any atom is 0.200 e. The van der Waals surface area contributed by atoms with Crippen molar-refractivity contribution in [3.8, 4) is 5.75 Å². The second-order valence-electron chi connectivity index (χ2n) is 4.47. The summed E-state index contributed by atoms with van der Waals surface area (Å²) in [6, 6.07) is 5.95. The first-order valence-corrected chi connectivity index (χ1v) is 6.51. The average molecular weight is 333 g/mol. The third-order valence-electron chi connectivity index (χ3n) is 3.32.